The van der Waals surface area contributed by atoms with E-state index in [2.05, 4.69) is 28.6 Å². The Morgan fingerprint density at radius 1 is 1.04 bits per heavy atom. The molecule has 0 spiro atoms. The Kier molecular flexibility index (Phi) is 5.30. The van der Waals surface area contributed by atoms with Gasteiger partial charge in [-0.2, -0.15) is 0 Å². The van der Waals surface area contributed by atoms with Crippen molar-refractivity contribution in [2.75, 3.05) is 31.1 Å². The van der Waals surface area contributed by atoms with Crippen LogP contribution < -0.4 is 4.90 Å². The van der Waals surface area contributed by atoms with Crippen molar-refractivity contribution in [3.63, 3.8) is 0 Å². The van der Waals surface area contributed by atoms with Gasteiger partial charge in [-0.05, 0) is 44.0 Å². The lowest BCUT2D eigenvalue weighted by molar-refractivity contribution is 0.249. The van der Waals surface area contributed by atoms with Gasteiger partial charge in [0.05, 0.1) is 5.39 Å². The predicted molar refractivity (Wildman–Crippen MR) is 116 cm³/mol. The SMILES string of the molecule is Cc1nc(N2CCN(Cc3ccc(Cl)cc3Cl)CC2)c2c(C)c(C)sc2n1. The first-order valence-electron chi connectivity index (χ1n) is 9.08. The van der Waals surface area contributed by atoms with Crippen molar-refractivity contribution in [1.29, 1.82) is 0 Å². The van der Waals surface area contributed by atoms with Crippen molar-refractivity contribution in [1.82, 2.24) is 14.9 Å². The van der Waals surface area contributed by atoms with Gasteiger partial charge in [0.1, 0.15) is 16.5 Å². The van der Waals surface area contributed by atoms with E-state index < -0.39 is 0 Å². The number of anilines is 1. The van der Waals surface area contributed by atoms with Crippen molar-refractivity contribution in [3.05, 3.63) is 50.1 Å². The molecule has 4 nitrogen and oxygen atoms in total. The van der Waals surface area contributed by atoms with Gasteiger partial charge in [-0.25, -0.2) is 9.97 Å². The number of fused-ring (bicyclic) bond motifs is 1. The average molecular weight is 421 g/mol. The van der Waals surface area contributed by atoms with Crippen LogP contribution in [0.2, 0.25) is 10.0 Å². The third-order valence-electron chi connectivity index (χ3n) is 5.20. The molecule has 1 aliphatic heterocycles. The highest BCUT2D eigenvalue weighted by Gasteiger charge is 2.23. The molecule has 2 aromatic heterocycles. The molecule has 1 saturated heterocycles. The van der Waals surface area contributed by atoms with Crippen LogP contribution in [0.1, 0.15) is 21.8 Å². The first kappa shape index (κ1) is 18.9. The molecule has 27 heavy (non-hydrogen) atoms. The maximum Gasteiger partial charge on any atom is 0.141 e. The molecule has 1 aromatic carbocycles. The minimum absolute atomic E-state index is 0.679. The normalized spacial score (nSPS) is 15.7. The van der Waals surface area contributed by atoms with Crippen LogP contribution in [0.15, 0.2) is 18.2 Å². The van der Waals surface area contributed by atoms with Crippen LogP contribution in [-0.2, 0) is 6.54 Å². The highest BCUT2D eigenvalue weighted by Crippen LogP contribution is 2.35. The number of nitrogens with zero attached hydrogens (tertiary/aromatic N) is 4. The van der Waals surface area contributed by atoms with E-state index in [4.69, 9.17) is 28.2 Å². The fourth-order valence-corrected chi connectivity index (χ4v) is 5.11. The number of halogens is 2. The summed E-state index contributed by atoms with van der Waals surface area (Å²) in [5, 5.41) is 2.64. The van der Waals surface area contributed by atoms with E-state index in [9.17, 15) is 0 Å². The lowest BCUT2D eigenvalue weighted by Gasteiger charge is -2.36. The molecule has 142 valence electrons. The monoisotopic (exact) mass is 420 g/mol. The molecule has 0 radical (unpaired) electrons. The fourth-order valence-electron chi connectivity index (χ4n) is 3.57. The smallest absolute Gasteiger partial charge is 0.141 e. The molecule has 1 fully saturated rings. The van der Waals surface area contributed by atoms with E-state index in [1.807, 2.05) is 25.1 Å². The summed E-state index contributed by atoms with van der Waals surface area (Å²) in [5.74, 6) is 1.93. The van der Waals surface area contributed by atoms with Crippen LogP contribution in [0, 0.1) is 20.8 Å². The minimum atomic E-state index is 0.679. The predicted octanol–water partition coefficient (Wildman–Crippen LogP) is 5.25. The van der Waals surface area contributed by atoms with Gasteiger partial charge in [-0.1, -0.05) is 29.3 Å². The van der Waals surface area contributed by atoms with Crippen molar-refractivity contribution < 1.29 is 0 Å². The van der Waals surface area contributed by atoms with Crippen LogP contribution in [0.5, 0.6) is 0 Å². The highest BCUT2D eigenvalue weighted by atomic mass is 35.5. The standard InChI is InChI=1S/C20H22Cl2N4S/c1-12-13(2)27-20-18(12)19(23-14(3)24-20)26-8-6-25(7-9-26)11-15-4-5-16(21)10-17(15)22/h4-5,10H,6-9,11H2,1-3H3. The van der Waals surface area contributed by atoms with E-state index >= 15 is 0 Å². The summed E-state index contributed by atoms with van der Waals surface area (Å²) < 4.78 is 0. The molecule has 0 unspecified atom stereocenters. The molecule has 0 bridgehead atoms. The summed E-state index contributed by atoms with van der Waals surface area (Å²) in [5.41, 5.74) is 2.43. The van der Waals surface area contributed by atoms with Crippen LogP contribution in [0.25, 0.3) is 10.2 Å². The third kappa shape index (κ3) is 3.79. The number of aromatic nitrogens is 2. The zero-order valence-corrected chi connectivity index (χ0v) is 18.0. The molecular formula is C20H22Cl2N4S. The summed E-state index contributed by atoms with van der Waals surface area (Å²) in [6.45, 7) is 11.0. The van der Waals surface area contributed by atoms with E-state index in [1.165, 1.54) is 15.8 Å². The largest absolute Gasteiger partial charge is 0.353 e. The maximum atomic E-state index is 6.34. The van der Waals surface area contributed by atoms with Crippen LogP contribution in [0.3, 0.4) is 0 Å². The van der Waals surface area contributed by atoms with E-state index in [0.29, 0.717) is 5.02 Å². The average Bonchev–Trinajstić information content (AvgIpc) is 2.91. The molecule has 3 aromatic rings. The van der Waals surface area contributed by atoms with Gasteiger partial charge in [-0.15, -0.1) is 11.3 Å². The molecule has 0 saturated carbocycles. The number of hydrogen-bond acceptors (Lipinski definition) is 5. The summed E-state index contributed by atoms with van der Waals surface area (Å²) in [6, 6.07) is 5.74. The fraction of sp³-hybridized carbons (Fsp3) is 0.400. The molecule has 0 amide bonds. The Hall–Kier alpha value is -1.40. The molecule has 0 aliphatic carbocycles. The van der Waals surface area contributed by atoms with Gasteiger partial charge in [0, 0.05) is 47.6 Å². The van der Waals surface area contributed by atoms with E-state index in [0.717, 1.165) is 59.8 Å². The van der Waals surface area contributed by atoms with Gasteiger partial charge in [0.15, 0.2) is 0 Å². The van der Waals surface area contributed by atoms with Gasteiger partial charge in [-0.3, -0.25) is 4.90 Å². The van der Waals surface area contributed by atoms with Crippen molar-refractivity contribution in [2.45, 2.75) is 27.3 Å². The van der Waals surface area contributed by atoms with Crippen molar-refractivity contribution in [3.8, 4) is 0 Å². The summed E-state index contributed by atoms with van der Waals surface area (Å²) in [6.07, 6.45) is 0. The maximum absolute atomic E-state index is 6.34. The lowest BCUT2D eigenvalue weighted by atomic mass is 10.1. The van der Waals surface area contributed by atoms with Gasteiger partial charge in [0.2, 0.25) is 0 Å². The highest BCUT2D eigenvalue weighted by molar-refractivity contribution is 7.18. The molecule has 3 heterocycles. The van der Waals surface area contributed by atoms with E-state index in [-0.39, 0.29) is 0 Å². The second-order valence-electron chi connectivity index (χ2n) is 7.06. The first-order chi connectivity index (χ1) is 12.9. The number of thiophene rings is 1. The van der Waals surface area contributed by atoms with E-state index in [1.54, 1.807) is 11.3 Å². The Labute approximate surface area is 173 Å². The van der Waals surface area contributed by atoms with Gasteiger partial charge < -0.3 is 4.90 Å². The number of rotatable bonds is 3. The summed E-state index contributed by atoms with van der Waals surface area (Å²) in [7, 11) is 0. The Bertz CT molecular complexity index is 993. The van der Waals surface area contributed by atoms with Crippen LogP contribution in [0.4, 0.5) is 5.82 Å². The third-order valence-corrected chi connectivity index (χ3v) is 6.89. The molecule has 0 N–H and O–H groups in total. The van der Waals surface area contributed by atoms with Crippen molar-refractivity contribution in [2.24, 2.45) is 0 Å². The number of benzene rings is 1. The number of aryl methyl sites for hydroxylation is 3. The molecule has 4 rings (SSSR count). The second kappa shape index (κ2) is 7.55. The lowest BCUT2D eigenvalue weighted by Crippen LogP contribution is -2.46. The van der Waals surface area contributed by atoms with Crippen LogP contribution in [-0.4, -0.2) is 41.0 Å². The summed E-state index contributed by atoms with van der Waals surface area (Å²) >= 11 is 14.1. The second-order valence-corrected chi connectivity index (χ2v) is 9.10. The Balaban J connectivity index is 1.52. The summed E-state index contributed by atoms with van der Waals surface area (Å²) in [4.78, 5) is 16.7. The molecule has 7 heteroatoms. The first-order valence-corrected chi connectivity index (χ1v) is 10.6. The van der Waals surface area contributed by atoms with Crippen molar-refractivity contribution >= 4 is 50.6 Å². The zero-order valence-electron chi connectivity index (χ0n) is 15.7. The van der Waals surface area contributed by atoms with Gasteiger partial charge >= 0.3 is 0 Å². The molecular weight excluding hydrogens is 399 g/mol. The van der Waals surface area contributed by atoms with Crippen LogP contribution >= 0.6 is 34.5 Å². The molecule has 0 atom stereocenters. The quantitative estimate of drug-likeness (QED) is 0.579. The zero-order chi connectivity index (χ0) is 19.1. The molecule has 1 aliphatic rings. The number of hydrogen-bond donors (Lipinski definition) is 0. The van der Waals surface area contributed by atoms with Gasteiger partial charge in [0.25, 0.3) is 0 Å². The number of piperazine rings is 1. The minimum Gasteiger partial charge on any atom is -0.353 e. The Morgan fingerprint density at radius 2 is 1.78 bits per heavy atom. The Morgan fingerprint density at radius 3 is 2.48 bits per heavy atom. The topological polar surface area (TPSA) is 32.3 Å².